The molecule has 1 aliphatic heterocycles. The average molecular weight is 393 g/mol. The van der Waals surface area contributed by atoms with Gasteiger partial charge in [-0.05, 0) is 42.7 Å². The van der Waals surface area contributed by atoms with E-state index in [2.05, 4.69) is 15.3 Å². The van der Waals surface area contributed by atoms with Crippen LogP contribution < -0.4 is 11.1 Å². The fourth-order valence-electron chi connectivity index (χ4n) is 3.67. The second-order valence-corrected chi connectivity index (χ2v) is 8.00. The first-order valence-electron chi connectivity index (χ1n) is 10.3. The van der Waals surface area contributed by atoms with Crippen molar-refractivity contribution in [3.63, 3.8) is 0 Å². The molecule has 1 aromatic carbocycles. The number of nitrogens with one attached hydrogen (secondary N) is 1. The molecule has 0 unspecified atom stereocenters. The van der Waals surface area contributed by atoms with Crippen molar-refractivity contribution >= 4 is 17.6 Å². The van der Waals surface area contributed by atoms with Crippen LogP contribution in [0, 0.1) is 5.92 Å². The molecule has 0 radical (unpaired) electrons. The Balaban J connectivity index is 1.45. The Morgan fingerprint density at radius 1 is 1.17 bits per heavy atom. The SMILES string of the molecule is NC(=O)c1cnc(Cc2cccc(CC(=O)N3CCCC3)c2)nc1NCC1CC1. The molecule has 2 amide bonds. The van der Waals surface area contributed by atoms with Crippen LogP contribution in [0.25, 0.3) is 0 Å². The summed E-state index contributed by atoms with van der Waals surface area (Å²) in [4.78, 5) is 34.9. The number of nitrogens with two attached hydrogens (primary N) is 1. The summed E-state index contributed by atoms with van der Waals surface area (Å²) in [5.74, 6) is 1.44. The van der Waals surface area contributed by atoms with E-state index >= 15 is 0 Å². The predicted octanol–water partition coefficient (Wildman–Crippen LogP) is 2.15. The zero-order valence-corrected chi connectivity index (χ0v) is 16.6. The molecule has 7 heteroatoms. The minimum atomic E-state index is -0.530. The van der Waals surface area contributed by atoms with Crippen LogP contribution in [0.2, 0.25) is 0 Å². The molecule has 2 fully saturated rings. The summed E-state index contributed by atoms with van der Waals surface area (Å²) >= 11 is 0. The van der Waals surface area contributed by atoms with E-state index in [1.807, 2.05) is 29.2 Å². The summed E-state index contributed by atoms with van der Waals surface area (Å²) in [5, 5.41) is 3.25. The molecule has 1 saturated heterocycles. The Bertz CT molecular complexity index is 904. The number of carbonyl (C=O) groups excluding carboxylic acids is 2. The lowest BCUT2D eigenvalue weighted by Crippen LogP contribution is -2.29. The second-order valence-electron chi connectivity index (χ2n) is 8.00. The number of primary amides is 1. The van der Waals surface area contributed by atoms with E-state index in [1.54, 1.807) is 0 Å². The van der Waals surface area contributed by atoms with Crippen molar-refractivity contribution in [2.75, 3.05) is 25.0 Å². The first-order valence-corrected chi connectivity index (χ1v) is 10.3. The zero-order valence-electron chi connectivity index (χ0n) is 16.6. The highest BCUT2D eigenvalue weighted by molar-refractivity contribution is 5.97. The summed E-state index contributed by atoms with van der Waals surface area (Å²) in [5.41, 5.74) is 7.82. The molecular weight excluding hydrogens is 366 g/mol. The van der Waals surface area contributed by atoms with Gasteiger partial charge in [0.15, 0.2) is 0 Å². The van der Waals surface area contributed by atoms with E-state index in [0.717, 1.165) is 43.6 Å². The van der Waals surface area contributed by atoms with Crippen LogP contribution in [0.15, 0.2) is 30.5 Å². The molecule has 0 atom stereocenters. The van der Waals surface area contributed by atoms with Crippen molar-refractivity contribution in [2.45, 2.75) is 38.5 Å². The normalized spacial score (nSPS) is 16.1. The van der Waals surface area contributed by atoms with Gasteiger partial charge < -0.3 is 16.0 Å². The van der Waals surface area contributed by atoms with Crippen molar-refractivity contribution in [3.8, 4) is 0 Å². The van der Waals surface area contributed by atoms with Crippen molar-refractivity contribution in [2.24, 2.45) is 11.7 Å². The lowest BCUT2D eigenvalue weighted by molar-refractivity contribution is -0.129. The summed E-state index contributed by atoms with van der Waals surface area (Å²) in [6.45, 7) is 2.54. The molecule has 3 N–H and O–H groups in total. The van der Waals surface area contributed by atoms with Gasteiger partial charge in [-0.25, -0.2) is 9.97 Å². The summed E-state index contributed by atoms with van der Waals surface area (Å²) in [6.07, 6.45) is 7.07. The van der Waals surface area contributed by atoms with Gasteiger partial charge in [-0.15, -0.1) is 0 Å². The van der Waals surface area contributed by atoms with E-state index in [0.29, 0.717) is 36.0 Å². The highest BCUT2D eigenvalue weighted by Gasteiger charge is 2.22. The summed E-state index contributed by atoms with van der Waals surface area (Å²) in [7, 11) is 0. The lowest BCUT2D eigenvalue weighted by Gasteiger charge is -2.15. The van der Waals surface area contributed by atoms with Gasteiger partial charge in [0.1, 0.15) is 11.6 Å². The van der Waals surface area contributed by atoms with Gasteiger partial charge in [0, 0.05) is 32.3 Å². The molecule has 2 heterocycles. The van der Waals surface area contributed by atoms with Gasteiger partial charge in [-0.3, -0.25) is 9.59 Å². The third-order valence-corrected chi connectivity index (χ3v) is 5.53. The number of anilines is 1. The maximum atomic E-state index is 12.4. The first kappa shape index (κ1) is 19.4. The Morgan fingerprint density at radius 3 is 2.66 bits per heavy atom. The van der Waals surface area contributed by atoms with Crippen molar-refractivity contribution in [1.29, 1.82) is 0 Å². The van der Waals surface area contributed by atoms with E-state index in [9.17, 15) is 9.59 Å². The molecular formula is C22H27N5O2. The molecule has 2 aromatic rings. The largest absolute Gasteiger partial charge is 0.369 e. The van der Waals surface area contributed by atoms with Crippen LogP contribution in [0.3, 0.4) is 0 Å². The second kappa shape index (κ2) is 8.59. The molecule has 152 valence electrons. The Hall–Kier alpha value is -2.96. The number of benzene rings is 1. The number of aromatic nitrogens is 2. The van der Waals surface area contributed by atoms with Crippen LogP contribution in [-0.4, -0.2) is 46.3 Å². The number of carbonyl (C=O) groups is 2. The van der Waals surface area contributed by atoms with E-state index in [4.69, 9.17) is 5.73 Å². The molecule has 1 aliphatic carbocycles. The topological polar surface area (TPSA) is 101 Å². The van der Waals surface area contributed by atoms with Gasteiger partial charge in [-0.2, -0.15) is 0 Å². The van der Waals surface area contributed by atoms with Gasteiger partial charge >= 0.3 is 0 Å². The number of hydrogen-bond acceptors (Lipinski definition) is 5. The molecule has 7 nitrogen and oxygen atoms in total. The number of likely N-dealkylation sites (tertiary alicyclic amines) is 1. The predicted molar refractivity (Wildman–Crippen MR) is 111 cm³/mol. The number of hydrogen-bond donors (Lipinski definition) is 2. The van der Waals surface area contributed by atoms with Gasteiger partial charge in [0.05, 0.1) is 12.0 Å². The molecule has 0 bridgehead atoms. The van der Waals surface area contributed by atoms with Gasteiger partial charge in [-0.1, -0.05) is 24.3 Å². The smallest absolute Gasteiger partial charge is 0.254 e. The van der Waals surface area contributed by atoms with Crippen LogP contribution in [0.5, 0.6) is 0 Å². The first-order chi connectivity index (χ1) is 14.1. The monoisotopic (exact) mass is 393 g/mol. The molecule has 2 aliphatic rings. The van der Waals surface area contributed by atoms with E-state index in [-0.39, 0.29) is 5.91 Å². The van der Waals surface area contributed by atoms with E-state index in [1.165, 1.54) is 19.0 Å². The summed E-state index contributed by atoms with van der Waals surface area (Å²) < 4.78 is 0. The van der Waals surface area contributed by atoms with Crippen molar-refractivity contribution in [1.82, 2.24) is 14.9 Å². The molecule has 29 heavy (non-hydrogen) atoms. The third kappa shape index (κ3) is 5.10. The highest BCUT2D eigenvalue weighted by atomic mass is 16.2. The van der Waals surface area contributed by atoms with Crippen LogP contribution in [-0.2, 0) is 17.6 Å². The minimum Gasteiger partial charge on any atom is -0.369 e. The molecule has 1 aromatic heterocycles. The van der Waals surface area contributed by atoms with Crippen molar-refractivity contribution in [3.05, 3.63) is 53.0 Å². The van der Waals surface area contributed by atoms with E-state index < -0.39 is 5.91 Å². The van der Waals surface area contributed by atoms with Crippen molar-refractivity contribution < 1.29 is 9.59 Å². The maximum absolute atomic E-state index is 12.4. The Morgan fingerprint density at radius 2 is 1.93 bits per heavy atom. The number of amides is 2. The highest BCUT2D eigenvalue weighted by Crippen LogP contribution is 2.29. The quantitative estimate of drug-likeness (QED) is 0.716. The van der Waals surface area contributed by atoms with Crippen LogP contribution >= 0.6 is 0 Å². The van der Waals surface area contributed by atoms with Crippen LogP contribution in [0.4, 0.5) is 5.82 Å². The average Bonchev–Trinajstić information content (AvgIpc) is 3.36. The Labute approximate surface area is 170 Å². The number of nitrogens with zero attached hydrogens (tertiary/aromatic N) is 3. The summed E-state index contributed by atoms with van der Waals surface area (Å²) in [6, 6.07) is 7.99. The molecule has 0 spiro atoms. The van der Waals surface area contributed by atoms with Crippen LogP contribution in [0.1, 0.15) is 53.0 Å². The standard InChI is InChI=1S/C22H27N5O2/c23-21(29)18-14-24-19(26-22(18)25-13-15-6-7-15)11-16-4-3-5-17(10-16)12-20(28)27-8-1-2-9-27/h3-5,10,14-15H,1-2,6-9,11-13H2,(H2,23,29)(H,24,25,26). The van der Waals surface area contributed by atoms with Gasteiger partial charge in [0.25, 0.3) is 5.91 Å². The Kier molecular flexibility index (Phi) is 5.74. The molecule has 4 rings (SSSR count). The fourth-order valence-corrected chi connectivity index (χ4v) is 3.67. The third-order valence-electron chi connectivity index (χ3n) is 5.53. The fraction of sp³-hybridized carbons (Fsp3) is 0.455. The minimum absolute atomic E-state index is 0.188. The molecule has 1 saturated carbocycles. The number of rotatable bonds is 8. The zero-order chi connectivity index (χ0) is 20.2. The lowest BCUT2D eigenvalue weighted by atomic mass is 10.0. The maximum Gasteiger partial charge on any atom is 0.254 e. The van der Waals surface area contributed by atoms with Gasteiger partial charge in [0.2, 0.25) is 5.91 Å².